The molecule has 0 amide bonds. The quantitative estimate of drug-likeness (QED) is 0.628. The van der Waals surface area contributed by atoms with Gasteiger partial charge in [0.15, 0.2) is 5.58 Å². The van der Waals surface area contributed by atoms with Crippen LogP contribution in [0.15, 0.2) is 58.2 Å². The van der Waals surface area contributed by atoms with Crippen molar-refractivity contribution in [1.29, 1.82) is 0 Å². The fraction of sp³-hybridized carbons (Fsp3) is 0.0714. The predicted octanol–water partition coefficient (Wildman–Crippen LogP) is 4.22. The molecule has 0 N–H and O–H groups in total. The average molecular weight is 241 g/mol. The summed E-state index contributed by atoms with van der Waals surface area (Å²) in [6, 6.07) is 12.2. The third-order valence-corrected chi connectivity index (χ3v) is 3.44. The molecule has 0 saturated carbocycles. The number of thioether (sulfide) groups is 1. The smallest absolute Gasteiger partial charge is 0.152 e. The van der Waals surface area contributed by atoms with Crippen LogP contribution in [-0.2, 0) is 0 Å². The van der Waals surface area contributed by atoms with Crippen molar-refractivity contribution >= 4 is 22.9 Å². The predicted molar refractivity (Wildman–Crippen MR) is 71.2 cm³/mol. The van der Waals surface area contributed by atoms with Gasteiger partial charge in [-0.1, -0.05) is 12.1 Å². The summed E-state index contributed by atoms with van der Waals surface area (Å²) in [4.78, 5) is 5.62. The highest BCUT2D eigenvalue weighted by Crippen LogP contribution is 2.30. The van der Waals surface area contributed by atoms with Crippen LogP contribution in [0.4, 0.5) is 0 Å². The molecule has 0 bridgehead atoms. The Bertz CT molecular complexity index is 660. The largest absolute Gasteiger partial charge is 0.462 e. The average Bonchev–Trinajstić information content (AvgIpc) is 2.82. The molecule has 0 atom stereocenters. The molecule has 3 heteroatoms. The first-order valence-corrected chi connectivity index (χ1v) is 6.57. The summed E-state index contributed by atoms with van der Waals surface area (Å²) in [6.07, 6.45) is 5.64. The summed E-state index contributed by atoms with van der Waals surface area (Å²) >= 11 is 1.73. The maximum absolute atomic E-state index is 5.51. The van der Waals surface area contributed by atoms with E-state index in [1.165, 1.54) is 4.90 Å². The van der Waals surface area contributed by atoms with Gasteiger partial charge in [-0.15, -0.1) is 11.8 Å². The van der Waals surface area contributed by atoms with Gasteiger partial charge in [-0.25, -0.2) is 0 Å². The second-order valence-corrected chi connectivity index (χ2v) is 4.61. The number of hydrogen-bond acceptors (Lipinski definition) is 3. The van der Waals surface area contributed by atoms with E-state index >= 15 is 0 Å². The number of aromatic nitrogens is 1. The van der Waals surface area contributed by atoms with E-state index < -0.39 is 0 Å². The standard InChI is InChI=1S/C14H11NOS/c1-17-11-5-2-4-10(8-11)12-9-16-13-6-3-7-15-14(12)13/h2-9H,1H3. The lowest BCUT2D eigenvalue weighted by atomic mass is 10.1. The minimum absolute atomic E-state index is 0.831. The topological polar surface area (TPSA) is 26.0 Å². The molecule has 2 nitrogen and oxygen atoms in total. The van der Waals surface area contributed by atoms with Gasteiger partial charge >= 0.3 is 0 Å². The second kappa shape index (κ2) is 4.26. The summed E-state index contributed by atoms with van der Waals surface area (Å²) in [5.41, 5.74) is 3.95. The zero-order chi connectivity index (χ0) is 11.7. The van der Waals surface area contributed by atoms with E-state index in [9.17, 15) is 0 Å². The van der Waals surface area contributed by atoms with E-state index in [0.717, 1.165) is 22.2 Å². The van der Waals surface area contributed by atoms with Gasteiger partial charge in [0.1, 0.15) is 11.8 Å². The molecule has 0 aliphatic rings. The van der Waals surface area contributed by atoms with Gasteiger partial charge in [-0.3, -0.25) is 4.98 Å². The summed E-state index contributed by atoms with van der Waals surface area (Å²) in [5, 5.41) is 0. The Balaban J connectivity index is 2.20. The molecule has 0 aliphatic carbocycles. The fourth-order valence-corrected chi connectivity index (χ4v) is 2.32. The summed E-state index contributed by atoms with van der Waals surface area (Å²) in [6.45, 7) is 0. The Morgan fingerprint density at radius 3 is 3.00 bits per heavy atom. The maximum Gasteiger partial charge on any atom is 0.152 e. The number of pyridine rings is 1. The minimum Gasteiger partial charge on any atom is -0.462 e. The van der Waals surface area contributed by atoms with E-state index in [0.29, 0.717) is 0 Å². The van der Waals surface area contributed by atoms with E-state index in [4.69, 9.17) is 4.42 Å². The minimum atomic E-state index is 0.831. The van der Waals surface area contributed by atoms with Gasteiger partial charge in [0.2, 0.25) is 0 Å². The third kappa shape index (κ3) is 1.83. The number of rotatable bonds is 2. The van der Waals surface area contributed by atoms with Crippen LogP contribution in [0.1, 0.15) is 0 Å². The van der Waals surface area contributed by atoms with Crippen molar-refractivity contribution in [2.75, 3.05) is 6.26 Å². The van der Waals surface area contributed by atoms with Gasteiger partial charge in [0.05, 0.1) is 0 Å². The molecular formula is C14H11NOS. The lowest BCUT2D eigenvalue weighted by Crippen LogP contribution is -1.79. The zero-order valence-electron chi connectivity index (χ0n) is 9.38. The van der Waals surface area contributed by atoms with Crippen LogP contribution in [0.25, 0.3) is 22.2 Å². The normalized spacial score (nSPS) is 10.9. The molecule has 0 aliphatic heterocycles. The van der Waals surface area contributed by atoms with Crippen molar-refractivity contribution in [2.45, 2.75) is 4.90 Å². The van der Waals surface area contributed by atoms with Crippen molar-refractivity contribution in [3.63, 3.8) is 0 Å². The molecule has 0 fully saturated rings. The Morgan fingerprint density at radius 1 is 1.18 bits per heavy atom. The molecule has 2 aromatic heterocycles. The SMILES string of the molecule is CSc1cccc(-c2coc3cccnc23)c1. The van der Waals surface area contributed by atoms with Crippen LogP contribution in [0.5, 0.6) is 0 Å². The molecule has 2 heterocycles. The number of nitrogens with zero attached hydrogens (tertiary/aromatic N) is 1. The first-order valence-electron chi connectivity index (χ1n) is 5.35. The van der Waals surface area contributed by atoms with Crippen molar-refractivity contribution < 1.29 is 4.42 Å². The van der Waals surface area contributed by atoms with Gasteiger partial charge < -0.3 is 4.42 Å². The van der Waals surface area contributed by atoms with Crippen LogP contribution in [0.2, 0.25) is 0 Å². The van der Waals surface area contributed by atoms with E-state index in [1.807, 2.05) is 12.1 Å². The highest BCUT2D eigenvalue weighted by atomic mass is 32.2. The van der Waals surface area contributed by atoms with Gasteiger partial charge in [-0.2, -0.15) is 0 Å². The Hall–Kier alpha value is -1.74. The molecular weight excluding hydrogens is 230 g/mol. The Morgan fingerprint density at radius 2 is 2.12 bits per heavy atom. The van der Waals surface area contributed by atoms with Crippen LogP contribution < -0.4 is 0 Å². The van der Waals surface area contributed by atoms with Gasteiger partial charge in [0, 0.05) is 16.7 Å². The molecule has 0 unspecified atom stereocenters. The molecule has 0 saturated heterocycles. The third-order valence-electron chi connectivity index (χ3n) is 2.71. The van der Waals surface area contributed by atoms with Crippen molar-refractivity contribution in [1.82, 2.24) is 4.98 Å². The van der Waals surface area contributed by atoms with Crippen LogP contribution in [0.3, 0.4) is 0 Å². The monoisotopic (exact) mass is 241 g/mol. The Kier molecular flexibility index (Phi) is 2.61. The van der Waals surface area contributed by atoms with Crippen LogP contribution in [0, 0.1) is 0 Å². The van der Waals surface area contributed by atoms with Crippen LogP contribution >= 0.6 is 11.8 Å². The highest BCUT2D eigenvalue weighted by molar-refractivity contribution is 7.98. The molecule has 1 aromatic carbocycles. The molecule has 0 radical (unpaired) electrons. The molecule has 84 valence electrons. The number of furan rings is 1. The molecule has 3 aromatic rings. The van der Waals surface area contributed by atoms with Crippen molar-refractivity contribution in [2.24, 2.45) is 0 Å². The van der Waals surface area contributed by atoms with E-state index in [2.05, 4.69) is 35.5 Å². The lowest BCUT2D eigenvalue weighted by Gasteiger charge is -2.00. The molecule has 3 rings (SSSR count). The first kappa shape index (κ1) is 10.4. The van der Waals surface area contributed by atoms with E-state index in [1.54, 1.807) is 24.2 Å². The fourth-order valence-electron chi connectivity index (χ4n) is 1.86. The maximum atomic E-state index is 5.51. The molecule has 17 heavy (non-hydrogen) atoms. The highest BCUT2D eigenvalue weighted by Gasteiger charge is 2.08. The van der Waals surface area contributed by atoms with Gasteiger partial charge in [-0.05, 0) is 36.1 Å². The zero-order valence-corrected chi connectivity index (χ0v) is 10.2. The van der Waals surface area contributed by atoms with Crippen molar-refractivity contribution in [3.05, 3.63) is 48.9 Å². The first-order chi connectivity index (χ1) is 8.38. The number of fused-ring (bicyclic) bond motifs is 1. The Labute approximate surface area is 104 Å². The second-order valence-electron chi connectivity index (χ2n) is 3.73. The lowest BCUT2D eigenvalue weighted by molar-refractivity contribution is 0.616. The summed E-state index contributed by atoms with van der Waals surface area (Å²) < 4.78 is 5.51. The van der Waals surface area contributed by atoms with E-state index in [-0.39, 0.29) is 0 Å². The summed E-state index contributed by atoms with van der Waals surface area (Å²) in [5.74, 6) is 0. The van der Waals surface area contributed by atoms with Crippen molar-refractivity contribution in [3.8, 4) is 11.1 Å². The molecule has 0 spiro atoms. The van der Waals surface area contributed by atoms with Gasteiger partial charge in [0.25, 0.3) is 0 Å². The number of hydrogen-bond donors (Lipinski definition) is 0. The van der Waals surface area contributed by atoms with Crippen LogP contribution in [-0.4, -0.2) is 11.2 Å². The summed E-state index contributed by atoms with van der Waals surface area (Å²) in [7, 11) is 0. The number of benzene rings is 1.